The maximum absolute atomic E-state index is 5.24. The molecular formula is C21H43NO. The molecule has 1 fully saturated rings. The Morgan fingerprint density at radius 2 is 1.09 bits per heavy atom. The molecule has 0 aromatic rings. The molecule has 2 nitrogen and oxygen atoms in total. The number of hydrogen-bond donors (Lipinski definition) is 0. The second kappa shape index (κ2) is 15.4. The van der Waals surface area contributed by atoms with Crippen LogP contribution in [0.15, 0.2) is 0 Å². The molecule has 0 amide bonds. The maximum atomic E-state index is 5.24. The molecule has 2 heteroatoms. The van der Waals surface area contributed by atoms with Gasteiger partial charge in [0.25, 0.3) is 0 Å². The number of ether oxygens (including phenoxy) is 1. The summed E-state index contributed by atoms with van der Waals surface area (Å²) in [6, 6.07) is 0. The highest BCUT2D eigenvalue weighted by Gasteiger charge is 2.20. The average molecular weight is 326 g/mol. The van der Waals surface area contributed by atoms with E-state index in [0.29, 0.717) is 6.10 Å². The van der Waals surface area contributed by atoms with Gasteiger partial charge >= 0.3 is 0 Å². The van der Waals surface area contributed by atoms with Crippen LogP contribution in [0.25, 0.3) is 0 Å². The molecule has 23 heavy (non-hydrogen) atoms. The van der Waals surface area contributed by atoms with Gasteiger partial charge in [-0.25, -0.2) is 0 Å². The highest BCUT2D eigenvalue weighted by atomic mass is 16.6. The van der Waals surface area contributed by atoms with Crippen LogP contribution in [-0.4, -0.2) is 37.2 Å². The fraction of sp³-hybridized carbons (Fsp3) is 1.00. The van der Waals surface area contributed by atoms with Crippen molar-refractivity contribution in [2.24, 2.45) is 0 Å². The number of epoxide rings is 1. The topological polar surface area (TPSA) is 15.8 Å². The monoisotopic (exact) mass is 325 g/mol. The van der Waals surface area contributed by atoms with Gasteiger partial charge in [0, 0.05) is 0 Å². The largest absolute Gasteiger partial charge is 0.373 e. The van der Waals surface area contributed by atoms with Crippen LogP contribution in [0.3, 0.4) is 0 Å². The number of nitrogens with zero attached hydrogens (tertiary/aromatic N) is 1. The van der Waals surface area contributed by atoms with Crippen molar-refractivity contribution in [1.82, 2.24) is 4.90 Å². The smallest absolute Gasteiger partial charge is 0.0810 e. The van der Waals surface area contributed by atoms with Gasteiger partial charge in [0.05, 0.1) is 12.7 Å². The molecule has 1 rings (SSSR count). The molecule has 0 aromatic carbocycles. The normalized spacial score (nSPS) is 17.1. The van der Waals surface area contributed by atoms with Crippen LogP contribution < -0.4 is 0 Å². The predicted molar refractivity (Wildman–Crippen MR) is 102 cm³/mol. The lowest BCUT2D eigenvalue weighted by Gasteiger charge is -2.20. The summed E-state index contributed by atoms with van der Waals surface area (Å²) in [6.45, 7) is 9.54. The summed E-state index contributed by atoms with van der Waals surface area (Å²) in [6.07, 6.45) is 20.4. The van der Waals surface area contributed by atoms with Gasteiger partial charge in [0.2, 0.25) is 0 Å². The van der Waals surface area contributed by atoms with Gasteiger partial charge in [-0.3, -0.25) is 0 Å². The van der Waals surface area contributed by atoms with Gasteiger partial charge < -0.3 is 9.64 Å². The highest BCUT2D eigenvalue weighted by Crippen LogP contribution is 2.18. The zero-order valence-corrected chi connectivity index (χ0v) is 16.2. The highest BCUT2D eigenvalue weighted by molar-refractivity contribution is 4.68. The van der Waals surface area contributed by atoms with E-state index in [1.54, 1.807) is 0 Å². The van der Waals surface area contributed by atoms with E-state index in [0.717, 1.165) is 6.61 Å². The first-order chi connectivity index (χ1) is 11.4. The fourth-order valence-corrected chi connectivity index (χ4v) is 3.50. The summed E-state index contributed by atoms with van der Waals surface area (Å²) in [7, 11) is 0. The van der Waals surface area contributed by atoms with Gasteiger partial charge in [0.1, 0.15) is 0 Å². The lowest BCUT2D eigenvalue weighted by molar-refractivity contribution is 0.267. The van der Waals surface area contributed by atoms with Gasteiger partial charge in [-0.1, -0.05) is 78.1 Å². The van der Waals surface area contributed by atoms with Crippen LogP contribution >= 0.6 is 0 Å². The summed E-state index contributed by atoms with van der Waals surface area (Å²) in [5.41, 5.74) is 0. The lowest BCUT2D eigenvalue weighted by Crippen LogP contribution is -2.26. The maximum Gasteiger partial charge on any atom is 0.0810 e. The van der Waals surface area contributed by atoms with Crippen molar-refractivity contribution in [3.63, 3.8) is 0 Å². The van der Waals surface area contributed by atoms with Crippen LogP contribution in [-0.2, 0) is 4.74 Å². The molecule has 1 heterocycles. The first-order valence-electron chi connectivity index (χ1n) is 10.7. The minimum atomic E-state index is 0.644. The Bertz CT molecular complexity index is 234. The molecule has 1 atom stereocenters. The Hall–Kier alpha value is -0.0800. The molecule has 1 unspecified atom stereocenters. The molecule has 0 aromatic heterocycles. The van der Waals surface area contributed by atoms with Crippen LogP contribution in [0.4, 0.5) is 0 Å². The Balaban J connectivity index is 1.71. The Morgan fingerprint density at radius 3 is 1.52 bits per heavy atom. The zero-order chi connectivity index (χ0) is 16.6. The number of rotatable bonds is 18. The van der Waals surface area contributed by atoms with Gasteiger partial charge in [0.15, 0.2) is 0 Å². The van der Waals surface area contributed by atoms with Crippen molar-refractivity contribution in [3.8, 4) is 0 Å². The van der Waals surface area contributed by atoms with Crippen molar-refractivity contribution in [2.45, 2.75) is 110 Å². The van der Waals surface area contributed by atoms with E-state index in [4.69, 9.17) is 4.74 Å². The van der Waals surface area contributed by atoms with E-state index in [9.17, 15) is 0 Å². The second-order valence-corrected chi connectivity index (χ2v) is 7.47. The molecule has 138 valence electrons. The third-order valence-corrected chi connectivity index (χ3v) is 4.98. The molecule has 0 spiro atoms. The van der Waals surface area contributed by atoms with E-state index in [1.165, 1.54) is 110 Å². The summed E-state index contributed by atoms with van der Waals surface area (Å²) >= 11 is 0. The zero-order valence-electron chi connectivity index (χ0n) is 16.2. The van der Waals surface area contributed by atoms with E-state index in [1.807, 2.05) is 0 Å². The first-order valence-corrected chi connectivity index (χ1v) is 10.7. The second-order valence-electron chi connectivity index (χ2n) is 7.47. The molecule has 0 aliphatic carbocycles. The van der Waals surface area contributed by atoms with Crippen molar-refractivity contribution < 1.29 is 4.74 Å². The number of unbranched alkanes of at least 4 members (excludes halogenated alkanes) is 10. The molecule has 1 aliphatic rings. The van der Waals surface area contributed by atoms with Crippen molar-refractivity contribution in [2.75, 3.05) is 26.2 Å². The van der Waals surface area contributed by atoms with E-state index in [-0.39, 0.29) is 0 Å². The van der Waals surface area contributed by atoms with Crippen LogP contribution in [0.5, 0.6) is 0 Å². The number of hydrogen-bond acceptors (Lipinski definition) is 2. The first kappa shape index (κ1) is 21.0. The van der Waals surface area contributed by atoms with Crippen molar-refractivity contribution >= 4 is 0 Å². The molecule has 1 saturated heterocycles. The minimum Gasteiger partial charge on any atom is -0.373 e. The Kier molecular flexibility index (Phi) is 14.1. The quantitative estimate of drug-likeness (QED) is 0.221. The van der Waals surface area contributed by atoms with E-state index < -0.39 is 0 Å². The fourth-order valence-electron chi connectivity index (χ4n) is 3.50. The summed E-state index contributed by atoms with van der Waals surface area (Å²) < 4.78 is 5.24. The van der Waals surface area contributed by atoms with E-state index >= 15 is 0 Å². The van der Waals surface area contributed by atoms with E-state index in [2.05, 4.69) is 18.7 Å². The summed E-state index contributed by atoms with van der Waals surface area (Å²) in [5.74, 6) is 0. The van der Waals surface area contributed by atoms with Crippen LogP contribution in [0, 0.1) is 0 Å². The predicted octanol–water partition coefficient (Wildman–Crippen LogP) is 6.19. The molecule has 0 bridgehead atoms. The Morgan fingerprint density at radius 1 is 0.652 bits per heavy atom. The molecular weight excluding hydrogens is 282 g/mol. The molecule has 1 aliphatic heterocycles. The van der Waals surface area contributed by atoms with Crippen LogP contribution in [0.1, 0.15) is 104 Å². The minimum absolute atomic E-state index is 0.644. The van der Waals surface area contributed by atoms with Gasteiger partial charge in [-0.05, 0) is 45.3 Å². The standard InChI is InChI=1S/C21H43NO/c1-3-17-22(18-4-2)19-15-13-11-9-7-5-6-8-10-12-14-16-21-20-23-21/h21H,3-20H2,1-2H3. The summed E-state index contributed by atoms with van der Waals surface area (Å²) in [5, 5.41) is 0. The lowest BCUT2D eigenvalue weighted by atomic mass is 10.0. The molecule has 0 saturated carbocycles. The SMILES string of the molecule is CCCN(CCC)CCCCCCCCCCCCCC1CO1. The Labute approximate surface area is 146 Å². The third kappa shape index (κ3) is 14.0. The van der Waals surface area contributed by atoms with Crippen LogP contribution in [0.2, 0.25) is 0 Å². The third-order valence-electron chi connectivity index (χ3n) is 4.98. The summed E-state index contributed by atoms with van der Waals surface area (Å²) in [4.78, 5) is 2.65. The molecule has 0 radical (unpaired) electrons. The van der Waals surface area contributed by atoms with Crippen molar-refractivity contribution in [3.05, 3.63) is 0 Å². The average Bonchev–Trinajstić information content (AvgIpc) is 3.36. The van der Waals surface area contributed by atoms with Gasteiger partial charge in [-0.15, -0.1) is 0 Å². The van der Waals surface area contributed by atoms with Gasteiger partial charge in [-0.2, -0.15) is 0 Å². The molecule has 0 N–H and O–H groups in total. The van der Waals surface area contributed by atoms with Crippen molar-refractivity contribution in [1.29, 1.82) is 0 Å².